The standard InChI is InChI=1S/C19H18BrNO2S/c1-13-7-9-15(10-8-13)24-22-12-11-18-14(2)23-19(21-18)16-5-3-4-6-17(16)20/h3-10H,11-12H2,1-2H3. The minimum absolute atomic E-state index is 0.585. The van der Waals surface area contributed by atoms with Crippen LogP contribution in [-0.4, -0.2) is 11.6 Å². The molecular weight excluding hydrogens is 386 g/mol. The molecule has 1 aromatic heterocycles. The molecule has 0 saturated heterocycles. The Morgan fingerprint density at radius 2 is 1.83 bits per heavy atom. The number of oxazole rings is 1. The minimum Gasteiger partial charge on any atom is -0.441 e. The number of nitrogens with zero attached hydrogens (tertiary/aromatic N) is 1. The molecule has 0 N–H and O–H groups in total. The summed E-state index contributed by atoms with van der Waals surface area (Å²) in [6.07, 6.45) is 0.721. The zero-order valence-electron chi connectivity index (χ0n) is 13.6. The van der Waals surface area contributed by atoms with Crippen molar-refractivity contribution in [3.05, 3.63) is 70.0 Å². The Morgan fingerprint density at radius 1 is 1.08 bits per heavy atom. The molecule has 24 heavy (non-hydrogen) atoms. The molecule has 0 radical (unpaired) electrons. The summed E-state index contributed by atoms with van der Waals surface area (Å²) in [4.78, 5) is 5.71. The second-order valence-electron chi connectivity index (χ2n) is 5.47. The molecule has 2 aromatic carbocycles. The zero-order chi connectivity index (χ0) is 16.9. The average molecular weight is 404 g/mol. The van der Waals surface area contributed by atoms with Crippen LogP contribution < -0.4 is 0 Å². The Hall–Kier alpha value is -1.56. The lowest BCUT2D eigenvalue weighted by Crippen LogP contribution is -1.95. The van der Waals surface area contributed by atoms with Gasteiger partial charge in [-0.05, 0) is 54.0 Å². The quantitative estimate of drug-likeness (QED) is 0.374. The highest BCUT2D eigenvalue weighted by molar-refractivity contribution is 9.10. The first-order valence-corrected chi connectivity index (χ1v) is 9.24. The van der Waals surface area contributed by atoms with Crippen LogP contribution in [0.2, 0.25) is 0 Å². The third kappa shape index (κ3) is 4.29. The third-order valence-corrected chi connectivity index (χ3v) is 5.04. The minimum atomic E-state index is 0.585. The van der Waals surface area contributed by atoms with Crippen LogP contribution in [0.25, 0.3) is 11.5 Å². The van der Waals surface area contributed by atoms with Gasteiger partial charge in [0.25, 0.3) is 0 Å². The molecule has 124 valence electrons. The molecule has 3 nitrogen and oxygen atoms in total. The molecule has 0 aliphatic heterocycles. The van der Waals surface area contributed by atoms with E-state index in [9.17, 15) is 0 Å². The van der Waals surface area contributed by atoms with Gasteiger partial charge in [-0.15, -0.1) is 0 Å². The molecule has 0 aliphatic carbocycles. The lowest BCUT2D eigenvalue weighted by atomic mass is 10.2. The Bertz CT molecular complexity index is 814. The Kier molecular flexibility index (Phi) is 5.76. The summed E-state index contributed by atoms with van der Waals surface area (Å²) in [7, 11) is 0. The molecule has 0 unspecified atom stereocenters. The molecule has 0 bridgehead atoms. The van der Waals surface area contributed by atoms with Crippen molar-refractivity contribution in [2.75, 3.05) is 6.61 Å². The van der Waals surface area contributed by atoms with Crippen LogP contribution in [0.15, 0.2) is 62.3 Å². The summed E-state index contributed by atoms with van der Waals surface area (Å²) in [6.45, 7) is 4.60. The lowest BCUT2D eigenvalue weighted by Gasteiger charge is -2.02. The van der Waals surface area contributed by atoms with E-state index in [1.165, 1.54) is 17.6 Å². The van der Waals surface area contributed by atoms with Crippen molar-refractivity contribution >= 4 is 28.0 Å². The van der Waals surface area contributed by atoms with E-state index in [-0.39, 0.29) is 0 Å². The van der Waals surface area contributed by atoms with Crippen molar-refractivity contribution < 1.29 is 8.60 Å². The van der Waals surface area contributed by atoms with E-state index < -0.39 is 0 Å². The second kappa shape index (κ2) is 8.01. The average Bonchev–Trinajstić information content (AvgIpc) is 2.94. The maximum Gasteiger partial charge on any atom is 0.227 e. The van der Waals surface area contributed by atoms with Crippen molar-refractivity contribution in [1.82, 2.24) is 4.98 Å². The van der Waals surface area contributed by atoms with E-state index in [0.29, 0.717) is 12.5 Å². The topological polar surface area (TPSA) is 35.3 Å². The summed E-state index contributed by atoms with van der Waals surface area (Å²) in [5, 5.41) is 0. The van der Waals surface area contributed by atoms with Gasteiger partial charge in [0.1, 0.15) is 5.76 Å². The molecule has 0 amide bonds. The number of benzene rings is 2. The highest BCUT2D eigenvalue weighted by Gasteiger charge is 2.13. The van der Waals surface area contributed by atoms with Crippen molar-refractivity contribution in [1.29, 1.82) is 0 Å². The van der Waals surface area contributed by atoms with Crippen LogP contribution in [0.5, 0.6) is 0 Å². The van der Waals surface area contributed by atoms with E-state index in [1.807, 2.05) is 31.2 Å². The van der Waals surface area contributed by atoms with Crippen LogP contribution in [0.1, 0.15) is 17.0 Å². The number of hydrogen-bond donors (Lipinski definition) is 0. The van der Waals surface area contributed by atoms with Crippen LogP contribution in [0.3, 0.4) is 0 Å². The van der Waals surface area contributed by atoms with Gasteiger partial charge in [0.05, 0.1) is 17.9 Å². The molecular formula is C19H18BrNO2S. The maximum atomic E-state index is 5.81. The van der Waals surface area contributed by atoms with Gasteiger partial charge in [0.15, 0.2) is 0 Å². The number of rotatable bonds is 6. The normalized spacial score (nSPS) is 11.0. The maximum absolute atomic E-state index is 5.81. The molecule has 3 rings (SSSR count). The van der Waals surface area contributed by atoms with Crippen molar-refractivity contribution in [2.24, 2.45) is 0 Å². The highest BCUT2D eigenvalue weighted by atomic mass is 79.9. The number of halogens is 1. The predicted molar refractivity (Wildman–Crippen MR) is 101 cm³/mol. The van der Waals surface area contributed by atoms with Gasteiger partial charge < -0.3 is 8.60 Å². The Labute approximate surface area is 154 Å². The first kappa shape index (κ1) is 17.3. The smallest absolute Gasteiger partial charge is 0.227 e. The van der Waals surface area contributed by atoms with Gasteiger partial charge in [0.2, 0.25) is 5.89 Å². The molecule has 0 saturated carbocycles. The monoisotopic (exact) mass is 403 g/mol. The van der Waals surface area contributed by atoms with Crippen molar-refractivity contribution in [3.63, 3.8) is 0 Å². The fraction of sp³-hybridized carbons (Fsp3) is 0.211. The summed E-state index contributed by atoms with van der Waals surface area (Å²) in [5.74, 6) is 1.48. The Morgan fingerprint density at radius 3 is 2.58 bits per heavy atom. The predicted octanol–water partition coefficient (Wildman–Crippen LogP) is 5.99. The molecule has 5 heteroatoms. The summed E-state index contributed by atoms with van der Waals surface area (Å²) < 4.78 is 12.5. The SMILES string of the molecule is Cc1ccc(SOCCc2nc(-c3ccccc3Br)oc2C)cc1. The van der Waals surface area contributed by atoms with E-state index in [2.05, 4.69) is 52.1 Å². The van der Waals surface area contributed by atoms with Crippen molar-refractivity contribution in [2.45, 2.75) is 25.2 Å². The number of hydrogen-bond acceptors (Lipinski definition) is 4. The fourth-order valence-electron chi connectivity index (χ4n) is 2.25. The molecule has 0 aliphatic rings. The Balaban J connectivity index is 1.58. The zero-order valence-corrected chi connectivity index (χ0v) is 16.0. The molecule has 3 aromatic rings. The van der Waals surface area contributed by atoms with E-state index in [0.717, 1.165) is 32.8 Å². The summed E-state index contributed by atoms with van der Waals surface area (Å²) >= 11 is 4.93. The third-order valence-electron chi connectivity index (χ3n) is 3.60. The summed E-state index contributed by atoms with van der Waals surface area (Å²) in [5.41, 5.74) is 3.14. The van der Waals surface area contributed by atoms with E-state index in [4.69, 9.17) is 8.60 Å². The fourth-order valence-corrected chi connectivity index (χ4v) is 3.26. The van der Waals surface area contributed by atoms with Gasteiger partial charge >= 0.3 is 0 Å². The van der Waals surface area contributed by atoms with E-state index >= 15 is 0 Å². The molecule has 0 fully saturated rings. The second-order valence-corrected chi connectivity index (χ2v) is 7.20. The summed E-state index contributed by atoms with van der Waals surface area (Å²) in [6, 6.07) is 16.2. The highest BCUT2D eigenvalue weighted by Crippen LogP contribution is 2.29. The van der Waals surface area contributed by atoms with E-state index in [1.54, 1.807) is 0 Å². The van der Waals surface area contributed by atoms with Gasteiger partial charge in [-0.3, -0.25) is 0 Å². The first-order chi connectivity index (χ1) is 11.6. The number of aryl methyl sites for hydroxylation is 2. The van der Waals surface area contributed by atoms with Crippen LogP contribution in [-0.2, 0) is 10.6 Å². The van der Waals surface area contributed by atoms with Gasteiger partial charge in [-0.1, -0.05) is 29.8 Å². The lowest BCUT2D eigenvalue weighted by molar-refractivity contribution is 0.376. The first-order valence-electron chi connectivity index (χ1n) is 7.71. The van der Waals surface area contributed by atoms with Crippen LogP contribution in [0, 0.1) is 13.8 Å². The molecule has 0 atom stereocenters. The van der Waals surface area contributed by atoms with Crippen molar-refractivity contribution in [3.8, 4) is 11.5 Å². The largest absolute Gasteiger partial charge is 0.441 e. The van der Waals surface area contributed by atoms with Gasteiger partial charge in [0, 0.05) is 27.8 Å². The van der Waals surface area contributed by atoms with Gasteiger partial charge in [-0.2, -0.15) is 0 Å². The molecule has 1 heterocycles. The van der Waals surface area contributed by atoms with Crippen LogP contribution in [0.4, 0.5) is 0 Å². The number of aromatic nitrogens is 1. The van der Waals surface area contributed by atoms with Gasteiger partial charge in [-0.25, -0.2) is 4.98 Å². The molecule has 0 spiro atoms. The van der Waals surface area contributed by atoms with Crippen LogP contribution >= 0.6 is 28.0 Å².